The number of benzene rings is 2. The van der Waals surface area contributed by atoms with Crippen LogP contribution in [0, 0.1) is 0 Å². The molecule has 3 aromatic rings. The van der Waals surface area contributed by atoms with Gasteiger partial charge in [-0.15, -0.1) is 0 Å². The maximum atomic E-state index is 14.1. The number of nitrogens with zero attached hydrogens (tertiary/aromatic N) is 3. The molecule has 0 saturated heterocycles. The Hall–Kier alpha value is -3.14. The predicted molar refractivity (Wildman–Crippen MR) is 160 cm³/mol. The van der Waals surface area contributed by atoms with E-state index in [1.807, 2.05) is 42.3 Å². The minimum Gasteiger partial charge on any atom is -0.497 e. The average Bonchev–Trinajstić information content (AvgIpc) is 3.44. The molecule has 0 N–H and O–H groups in total. The molecular formula is C32H43N3O5S. The lowest BCUT2D eigenvalue weighted by molar-refractivity contribution is -0.135. The molecule has 1 saturated carbocycles. The van der Waals surface area contributed by atoms with Gasteiger partial charge in [0, 0.05) is 44.2 Å². The van der Waals surface area contributed by atoms with Crippen LogP contribution in [0.4, 0.5) is 0 Å². The summed E-state index contributed by atoms with van der Waals surface area (Å²) in [5.74, 6) is 0.405. The van der Waals surface area contributed by atoms with E-state index in [1.165, 1.54) is 22.0 Å². The van der Waals surface area contributed by atoms with Crippen LogP contribution in [0.2, 0.25) is 0 Å². The number of rotatable bonds is 15. The fraction of sp³-hybridized carbons (Fsp3) is 0.469. The second kappa shape index (κ2) is 15.2. The van der Waals surface area contributed by atoms with E-state index in [4.69, 9.17) is 9.47 Å². The molecule has 1 heterocycles. The molecule has 4 rings (SSSR count). The van der Waals surface area contributed by atoms with Gasteiger partial charge in [-0.25, -0.2) is 8.42 Å². The van der Waals surface area contributed by atoms with Gasteiger partial charge in [-0.05, 0) is 68.1 Å². The zero-order valence-corrected chi connectivity index (χ0v) is 25.1. The van der Waals surface area contributed by atoms with Crippen molar-refractivity contribution in [1.82, 2.24) is 13.8 Å². The van der Waals surface area contributed by atoms with Crippen LogP contribution >= 0.6 is 0 Å². The largest absolute Gasteiger partial charge is 0.497 e. The molecule has 0 atom stereocenters. The minimum atomic E-state index is -3.91. The Kier molecular flexibility index (Phi) is 11.4. The molecule has 0 aliphatic heterocycles. The first-order valence-electron chi connectivity index (χ1n) is 14.6. The Morgan fingerprint density at radius 3 is 2.39 bits per heavy atom. The molecule has 0 radical (unpaired) electrons. The summed E-state index contributed by atoms with van der Waals surface area (Å²) in [5.41, 5.74) is 2.22. The number of hydrogen-bond donors (Lipinski definition) is 0. The van der Waals surface area contributed by atoms with Crippen LogP contribution in [0.3, 0.4) is 0 Å². The Morgan fingerprint density at radius 2 is 1.71 bits per heavy atom. The third-order valence-electron chi connectivity index (χ3n) is 7.70. The van der Waals surface area contributed by atoms with Gasteiger partial charge in [0.1, 0.15) is 5.75 Å². The highest BCUT2D eigenvalue weighted by Gasteiger charge is 2.32. The van der Waals surface area contributed by atoms with Crippen LogP contribution in [-0.2, 0) is 32.6 Å². The summed E-state index contributed by atoms with van der Waals surface area (Å²) in [7, 11) is -2.37. The van der Waals surface area contributed by atoms with Crippen molar-refractivity contribution in [1.29, 1.82) is 0 Å². The molecule has 2 aromatic carbocycles. The fourth-order valence-electron chi connectivity index (χ4n) is 5.43. The molecule has 1 aliphatic rings. The van der Waals surface area contributed by atoms with Crippen LogP contribution < -0.4 is 4.74 Å². The topological polar surface area (TPSA) is 81.1 Å². The van der Waals surface area contributed by atoms with E-state index in [-0.39, 0.29) is 29.9 Å². The van der Waals surface area contributed by atoms with E-state index >= 15 is 0 Å². The van der Waals surface area contributed by atoms with Crippen LogP contribution in [0.25, 0.3) is 0 Å². The number of methoxy groups -OCH3 is 1. The fourth-order valence-corrected chi connectivity index (χ4v) is 6.85. The lowest BCUT2D eigenvalue weighted by atomic mass is 9.94. The first kappa shape index (κ1) is 30.8. The van der Waals surface area contributed by atoms with Crippen molar-refractivity contribution in [3.05, 3.63) is 84.2 Å². The number of aromatic nitrogens is 1. The van der Waals surface area contributed by atoms with Crippen molar-refractivity contribution in [3.63, 3.8) is 0 Å². The number of sulfonamides is 1. The van der Waals surface area contributed by atoms with Crippen molar-refractivity contribution < 1.29 is 22.7 Å². The summed E-state index contributed by atoms with van der Waals surface area (Å²) in [6.07, 6.45) is 7.71. The Labute approximate surface area is 244 Å². The van der Waals surface area contributed by atoms with Gasteiger partial charge in [0.15, 0.2) is 0 Å². The second-order valence-electron chi connectivity index (χ2n) is 10.5. The van der Waals surface area contributed by atoms with E-state index in [9.17, 15) is 13.2 Å². The summed E-state index contributed by atoms with van der Waals surface area (Å²) in [6, 6.07) is 20.7. The molecule has 0 unspecified atom stereocenters. The van der Waals surface area contributed by atoms with Gasteiger partial charge < -0.3 is 18.9 Å². The minimum absolute atomic E-state index is 0.0882. The maximum absolute atomic E-state index is 14.1. The van der Waals surface area contributed by atoms with Crippen LogP contribution in [0.1, 0.15) is 56.7 Å². The van der Waals surface area contributed by atoms with Crippen molar-refractivity contribution in [2.24, 2.45) is 0 Å². The van der Waals surface area contributed by atoms with E-state index < -0.39 is 10.0 Å². The molecule has 1 aromatic heterocycles. The van der Waals surface area contributed by atoms with E-state index in [0.29, 0.717) is 38.5 Å². The maximum Gasteiger partial charge on any atom is 0.243 e. The number of hydrogen-bond acceptors (Lipinski definition) is 5. The van der Waals surface area contributed by atoms with Crippen LogP contribution in [0.15, 0.2) is 77.8 Å². The van der Waals surface area contributed by atoms with Crippen LogP contribution in [-0.4, -0.2) is 67.6 Å². The van der Waals surface area contributed by atoms with Gasteiger partial charge in [-0.3, -0.25) is 4.79 Å². The first-order chi connectivity index (χ1) is 19.9. The van der Waals surface area contributed by atoms with Crippen LogP contribution in [0.5, 0.6) is 5.75 Å². The highest BCUT2D eigenvalue weighted by atomic mass is 32.2. The van der Waals surface area contributed by atoms with Gasteiger partial charge in [0.25, 0.3) is 0 Å². The summed E-state index contributed by atoms with van der Waals surface area (Å²) >= 11 is 0. The van der Waals surface area contributed by atoms with E-state index in [0.717, 1.165) is 37.8 Å². The zero-order valence-electron chi connectivity index (χ0n) is 24.3. The number of carbonyl (C=O) groups is 1. The highest BCUT2D eigenvalue weighted by Crippen LogP contribution is 2.26. The zero-order chi connectivity index (χ0) is 29.1. The summed E-state index contributed by atoms with van der Waals surface area (Å²) in [5, 5.41) is 0. The predicted octanol–water partition coefficient (Wildman–Crippen LogP) is 5.32. The SMILES string of the molecule is CCOCCCN(CC(=O)N(Cc1cccn1Cc1ccccc1)C1CCCCC1)S(=O)(=O)c1ccc(OC)cc1. The Balaban J connectivity index is 1.57. The average molecular weight is 582 g/mol. The molecule has 0 bridgehead atoms. The molecule has 0 spiro atoms. The molecule has 1 aliphatic carbocycles. The molecule has 8 nitrogen and oxygen atoms in total. The van der Waals surface area contributed by atoms with Gasteiger partial charge >= 0.3 is 0 Å². The monoisotopic (exact) mass is 581 g/mol. The number of carbonyl (C=O) groups excluding carboxylic acids is 1. The molecule has 1 fully saturated rings. The normalized spacial score (nSPS) is 14.3. The summed E-state index contributed by atoms with van der Waals surface area (Å²) in [6.45, 7) is 4.04. The highest BCUT2D eigenvalue weighted by molar-refractivity contribution is 7.89. The lowest BCUT2D eigenvalue weighted by Crippen LogP contribution is -2.47. The number of amides is 1. The third kappa shape index (κ3) is 8.44. The molecule has 41 heavy (non-hydrogen) atoms. The Bertz CT molecular complexity index is 1320. The van der Waals surface area contributed by atoms with Crippen molar-refractivity contribution >= 4 is 15.9 Å². The van der Waals surface area contributed by atoms with Crippen molar-refractivity contribution in [2.45, 2.75) is 69.5 Å². The number of ether oxygens (including phenoxy) is 2. The Morgan fingerprint density at radius 1 is 0.976 bits per heavy atom. The van der Waals surface area contributed by atoms with E-state index in [1.54, 1.807) is 19.2 Å². The van der Waals surface area contributed by atoms with Gasteiger partial charge in [-0.2, -0.15) is 4.31 Å². The van der Waals surface area contributed by atoms with Crippen molar-refractivity contribution in [2.75, 3.05) is 33.4 Å². The summed E-state index contributed by atoms with van der Waals surface area (Å²) in [4.78, 5) is 16.1. The first-order valence-corrected chi connectivity index (χ1v) is 16.1. The standard InChI is InChI=1S/C32H43N3O5S/c1-3-40-23-11-22-34(41(37,38)31-19-17-30(39-2)18-20-31)26-32(36)35(28-14-8-5-9-15-28)25-29-16-10-21-33(29)24-27-12-6-4-7-13-27/h4,6-7,10,12-13,16-21,28H,3,5,8-9,11,14-15,22-26H2,1-2H3. The second-order valence-corrected chi connectivity index (χ2v) is 12.4. The van der Waals surface area contributed by atoms with Gasteiger partial charge in [0.2, 0.25) is 15.9 Å². The molecule has 222 valence electrons. The molecule has 1 amide bonds. The molecular weight excluding hydrogens is 538 g/mol. The van der Waals surface area contributed by atoms with Gasteiger partial charge in [-0.1, -0.05) is 49.6 Å². The van der Waals surface area contributed by atoms with Gasteiger partial charge in [0.05, 0.1) is 25.1 Å². The summed E-state index contributed by atoms with van der Waals surface area (Å²) < 4.78 is 41.7. The molecule has 9 heteroatoms. The van der Waals surface area contributed by atoms with Crippen molar-refractivity contribution in [3.8, 4) is 5.75 Å². The lowest BCUT2D eigenvalue weighted by Gasteiger charge is -2.36. The third-order valence-corrected chi connectivity index (χ3v) is 9.56. The van der Waals surface area contributed by atoms with E-state index in [2.05, 4.69) is 22.8 Å². The quantitative estimate of drug-likeness (QED) is 0.227. The smallest absolute Gasteiger partial charge is 0.243 e.